The Balaban J connectivity index is 0.00000113. The van der Waals surface area contributed by atoms with Gasteiger partial charge in [0.25, 0.3) is 5.91 Å². The molecule has 0 atom stereocenters. The number of morpholine rings is 1. The van der Waals surface area contributed by atoms with Crippen molar-refractivity contribution in [3.05, 3.63) is 35.5 Å². The molecule has 1 aliphatic rings. The number of amides is 1. The zero-order valence-electron chi connectivity index (χ0n) is 16.1. The second-order valence-electron chi connectivity index (χ2n) is 5.77. The summed E-state index contributed by atoms with van der Waals surface area (Å²) in [6, 6.07) is 2.84. The van der Waals surface area contributed by atoms with E-state index < -0.39 is 5.97 Å². The smallest absolute Gasteiger partial charge is 0.458 e. The van der Waals surface area contributed by atoms with Crippen molar-refractivity contribution < 1.29 is 37.9 Å². The molecular weight excluding hydrogens is 351 g/mol. The number of unbranched alkanes of at least 4 members (excludes halogenated alkanes) is 1. The Bertz CT molecular complexity index is 576. The molecule has 1 saturated heterocycles. The van der Waals surface area contributed by atoms with Crippen LogP contribution in [0.1, 0.15) is 54.6 Å². The number of ether oxygens (including phenoxy) is 2. The first-order valence-electron chi connectivity index (χ1n) is 8.43. The molecule has 0 unspecified atom stereocenters. The number of carbonyl (C=O) groups is 2. The molecule has 26 heavy (non-hydrogen) atoms. The van der Waals surface area contributed by atoms with Crippen LogP contribution < -0.4 is 18.9 Å². The van der Waals surface area contributed by atoms with Gasteiger partial charge in [0, 0.05) is 18.1 Å². The quantitative estimate of drug-likeness (QED) is 0.432. The third-order valence-corrected chi connectivity index (χ3v) is 3.43. The largest absolute Gasteiger partial charge is 1.00 e. The van der Waals surface area contributed by atoms with Crippen LogP contribution in [0.3, 0.4) is 0 Å². The maximum atomic E-state index is 12.3. The Morgan fingerprint density at radius 1 is 1.31 bits per heavy atom. The van der Waals surface area contributed by atoms with Crippen molar-refractivity contribution in [1.29, 1.82) is 0 Å². The molecular formula is C18H26ClLiN2O4. The minimum atomic E-state index is -0.594. The van der Waals surface area contributed by atoms with Crippen molar-refractivity contribution >= 4 is 23.5 Å². The van der Waals surface area contributed by atoms with Crippen molar-refractivity contribution in [3.8, 4) is 0 Å². The van der Waals surface area contributed by atoms with E-state index in [9.17, 15) is 9.59 Å². The van der Waals surface area contributed by atoms with E-state index in [2.05, 4.69) is 18.8 Å². The Morgan fingerprint density at radius 2 is 1.85 bits per heavy atom. The molecule has 2 rings (SSSR count). The van der Waals surface area contributed by atoms with E-state index in [1.165, 1.54) is 18.6 Å². The third kappa shape index (κ3) is 8.55. The molecule has 1 amide bonds. The van der Waals surface area contributed by atoms with Crippen LogP contribution >= 0.6 is 11.6 Å². The summed E-state index contributed by atoms with van der Waals surface area (Å²) in [5.41, 5.74) is 0.174. The minimum absolute atomic E-state index is 0. The van der Waals surface area contributed by atoms with Crippen LogP contribution in [0, 0.1) is 6.92 Å². The molecule has 1 aliphatic heterocycles. The van der Waals surface area contributed by atoms with Crippen LogP contribution in [0.2, 0.25) is 5.02 Å². The van der Waals surface area contributed by atoms with Gasteiger partial charge in [-0.2, -0.15) is 6.42 Å². The Morgan fingerprint density at radius 3 is 2.35 bits per heavy atom. The average molecular weight is 377 g/mol. The van der Waals surface area contributed by atoms with Gasteiger partial charge in [0.2, 0.25) is 0 Å². The van der Waals surface area contributed by atoms with Gasteiger partial charge in [-0.15, -0.1) is 0 Å². The van der Waals surface area contributed by atoms with Gasteiger partial charge in [-0.05, 0) is 26.0 Å². The maximum Gasteiger partial charge on any atom is 1.00 e. The number of esters is 1. The van der Waals surface area contributed by atoms with Crippen molar-refractivity contribution in [2.45, 2.75) is 39.7 Å². The molecule has 1 aromatic rings. The predicted octanol–water partition coefficient (Wildman–Crippen LogP) is 0.397. The number of nitrogens with zero attached hydrogens (tertiary/aromatic N) is 2. The molecule has 1 aromatic heterocycles. The van der Waals surface area contributed by atoms with Crippen molar-refractivity contribution in [1.82, 2.24) is 9.88 Å². The molecule has 0 saturated carbocycles. The van der Waals surface area contributed by atoms with E-state index in [1.54, 1.807) is 18.7 Å². The first-order valence-corrected chi connectivity index (χ1v) is 8.81. The zero-order valence-corrected chi connectivity index (χ0v) is 16.8. The van der Waals surface area contributed by atoms with E-state index in [1.807, 2.05) is 0 Å². The molecule has 0 N–H and O–H groups in total. The molecule has 0 aromatic carbocycles. The first kappa shape index (κ1) is 24.9. The molecule has 0 bridgehead atoms. The van der Waals surface area contributed by atoms with E-state index in [0.29, 0.717) is 26.3 Å². The van der Waals surface area contributed by atoms with Gasteiger partial charge in [-0.1, -0.05) is 24.9 Å². The van der Waals surface area contributed by atoms with E-state index in [0.717, 1.165) is 6.42 Å². The van der Waals surface area contributed by atoms with Crippen molar-refractivity contribution in [2.24, 2.45) is 0 Å². The second-order valence-corrected chi connectivity index (χ2v) is 6.20. The van der Waals surface area contributed by atoms with Crippen LogP contribution in [0.15, 0.2) is 12.1 Å². The summed E-state index contributed by atoms with van der Waals surface area (Å²) in [7, 11) is 0. The molecule has 1 fully saturated rings. The van der Waals surface area contributed by atoms with Crippen molar-refractivity contribution in [3.63, 3.8) is 0 Å². The predicted molar refractivity (Wildman–Crippen MR) is 96.8 cm³/mol. The third-order valence-electron chi connectivity index (χ3n) is 3.21. The van der Waals surface area contributed by atoms with Gasteiger partial charge < -0.3 is 21.3 Å². The number of rotatable bonds is 4. The fourth-order valence-electron chi connectivity index (χ4n) is 1.91. The summed E-state index contributed by atoms with van der Waals surface area (Å²) in [6.45, 7) is 11.2. The van der Waals surface area contributed by atoms with Crippen molar-refractivity contribution in [2.75, 3.05) is 26.3 Å². The average Bonchev–Trinajstić information content (AvgIpc) is 2.61. The summed E-state index contributed by atoms with van der Waals surface area (Å²) in [5, 5.41) is 0.275. The minimum Gasteiger partial charge on any atom is -0.458 e. The normalized spacial score (nSPS) is 13.4. The molecule has 0 radical (unpaired) electrons. The Labute approximate surface area is 172 Å². The van der Waals surface area contributed by atoms with Gasteiger partial charge in [0.1, 0.15) is 5.69 Å². The number of aromatic nitrogens is 1. The van der Waals surface area contributed by atoms with Gasteiger partial charge in [0.15, 0.2) is 5.69 Å². The summed E-state index contributed by atoms with van der Waals surface area (Å²) < 4.78 is 10.3. The zero-order chi connectivity index (χ0) is 18.8. The summed E-state index contributed by atoms with van der Waals surface area (Å²) in [4.78, 5) is 29.9. The molecule has 140 valence electrons. The van der Waals surface area contributed by atoms with E-state index >= 15 is 0 Å². The van der Waals surface area contributed by atoms with Gasteiger partial charge in [0.05, 0.1) is 19.3 Å². The Hall–Kier alpha value is -1.06. The summed E-state index contributed by atoms with van der Waals surface area (Å²) >= 11 is 5.97. The van der Waals surface area contributed by atoms with E-state index in [-0.39, 0.29) is 47.3 Å². The molecule has 2 heterocycles. The van der Waals surface area contributed by atoms with Gasteiger partial charge >= 0.3 is 24.8 Å². The molecule has 6 nitrogen and oxygen atoms in total. The molecule has 0 aliphatic carbocycles. The fourth-order valence-corrected chi connectivity index (χ4v) is 2.12. The standard InChI is InChI=1S/C14H17ClN2O4.C4H9.Li/c1-9(2)21-14(19)12-8-10(15)7-11(16-12)13(18)17-3-5-20-6-4-17;1-3-4-2;/h7-9H,3-6H2,1-2H3;1,3-4H2,2H3;/q;-1;+1. The SMILES string of the molecule is CC(C)OC(=O)c1cc(Cl)cc(C(=O)N2CCOCC2)n1.[CH2-]CCC.[Li+]. The Kier molecular flexibility index (Phi) is 12.6. The number of halogens is 1. The first-order chi connectivity index (χ1) is 11.9. The summed E-state index contributed by atoms with van der Waals surface area (Å²) in [5.74, 6) is -0.858. The molecule has 8 heteroatoms. The topological polar surface area (TPSA) is 68.7 Å². The van der Waals surface area contributed by atoms with E-state index in [4.69, 9.17) is 21.1 Å². The second kappa shape index (κ2) is 13.2. The maximum absolute atomic E-state index is 12.3. The monoisotopic (exact) mass is 376 g/mol. The number of hydrogen-bond acceptors (Lipinski definition) is 5. The van der Waals surface area contributed by atoms with Crippen LogP contribution in [0.4, 0.5) is 0 Å². The van der Waals surface area contributed by atoms with Gasteiger partial charge in [-0.25, -0.2) is 9.78 Å². The van der Waals surface area contributed by atoms with Crippen LogP contribution in [0.5, 0.6) is 0 Å². The number of hydrogen-bond donors (Lipinski definition) is 0. The molecule has 0 spiro atoms. The number of carbonyl (C=O) groups excluding carboxylic acids is 2. The number of pyridine rings is 1. The fraction of sp³-hybridized carbons (Fsp3) is 0.556. The van der Waals surface area contributed by atoms with Gasteiger partial charge in [-0.3, -0.25) is 4.79 Å². The van der Waals surface area contributed by atoms with Crippen LogP contribution in [-0.4, -0.2) is 54.2 Å². The summed E-state index contributed by atoms with van der Waals surface area (Å²) in [6.07, 6.45) is 2.01. The van der Waals surface area contributed by atoms with Crippen LogP contribution in [-0.2, 0) is 9.47 Å². The van der Waals surface area contributed by atoms with Crippen LogP contribution in [0.25, 0.3) is 0 Å².